The second kappa shape index (κ2) is 4.84. The van der Waals surface area contributed by atoms with Crippen LogP contribution in [0.3, 0.4) is 0 Å². The molecule has 17 heavy (non-hydrogen) atoms. The third-order valence-corrected chi connectivity index (χ3v) is 2.34. The fourth-order valence-electron chi connectivity index (χ4n) is 1.46. The first-order chi connectivity index (χ1) is 8.19. The molecule has 88 valence electrons. The molecule has 4 heteroatoms. The van der Waals surface area contributed by atoms with E-state index in [2.05, 4.69) is 0 Å². The zero-order valence-electron chi connectivity index (χ0n) is 9.19. The Morgan fingerprint density at radius 2 is 1.82 bits per heavy atom. The van der Waals surface area contributed by atoms with Crippen molar-refractivity contribution in [1.82, 2.24) is 0 Å². The van der Waals surface area contributed by atoms with Gasteiger partial charge in [-0.3, -0.25) is 0 Å². The number of hydrogen-bond donors (Lipinski definition) is 2. The molecule has 2 aromatic rings. The van der Waals surface area contributed by atoms with Crippen LogP contribution in [0.15, 0.2) is 42.5 Å². The van der Waals surface area contributed by atoms with Crippen LogP contribution in [0, 0.1) is 5.82 Å². The molecule has 3 nitrogen and oxygen atoms in total. The van der Waals surface area contributed by atoms with Crippen molar-refractivity contribution in [2.24, 2.45) is 5.73 Å². The molecule has 2 rings (SSSR count). The SMILES string of the molecule is NCc1cccc(Oc2ccc(F)c(N)c2)c1. The van der Waals surface area contributed by atoms with E-state index in [0.717, 1.165) is 5.56 Å². The van der Waals surface area contributed by atoms with Crippen molar-refractivity contribution in [3.8, 4) is 11.5 Å². The van der Waals surface area contributed by atoms with Gasteiger partial charge in [0, 0.05) is 12.6 Å². The smallest absolute Gasteiger partial charge is 0.146 e. The summed E-state index contributed by atoms with van der Waals surface area (Å²) in [5.41, 5.74) is 12.0. The summed E-state index contributed by atoms with van der Waals surface area (Å²) in [6, 6.07) is 11.7. The topological polar surface area (TPSA) is 61.3 Å². The predicted octanol–water partition coefficient (Wildman–Crippen LogP) is 2.66. The number of halogens is 1. The summed E-state index contributed by atoms with van der Waals surface area (Å²) in [5.74, 6) is 0.699. The molecule has 0 radical (unpaired) electrons. The van der Waals surface area contributed by atoms with Gasteiger partial charge in [0.25, 0.3) is 0 Å². The van der Waals surface area contributed by atoms with Gasteiger partial charge in [-0.15, -0.1) is 0 Å². The quantitative estimate of drug-likeness (QED) is 0.800. The summed E-state index contributed by atoms with van der Waals surface area (Å²) in [6.45, 7) is 0.447. The summed E-state index contributed by atoms with van der Waals surface area (Å²) in [4.78, 5) is 0. The Bertz CT molecular complexity index is 529. The lowest BCUT2D eigenvalue weighted by molar-refractivity contribution is 0.480. The second-order valence-electron chi connectivity index (χ2n) is 3.64. The highest BCUT2D eigenvalue weighted by atomic mass is 19.1. The van der Waals surface area contributed by atoms with Gasteiger partial charge in [0.15, 0.2) is 0 Å². The van der Waals surface area contributed by atoms with Crippen LogP contribution in [0.2, 0.25) is 0 Å². The first-order valence-electron chi connectivity index (χ1n) is 5.21. The van der Waals surface area contributed by atoms with Crippen molar-refractivity contribution in [3.63, 3.8) is 0 Å². The second-order valence-corrected chi connectivity index (χ2v) is 3.64. The number of benzene rings is 2. The molecule has 0 fully saturated rings. The van der Waals surface area contributed by atoms with Crippen LogP contribution in [0.25, 0.3) is 0 Å². The van der Waals surface area contributed by atoms with Crippen LogP contribution in [-0.4, -0.2) is 0 Å². The highest BCUT2D eigenvalue weighted by Crippen LogP contribution is 2.25. The average molecular weight is 232 g/mol. The molecule has 0 bridgehead atoms. The molecule has 0 aliphatic carbocycles. The molecule has 0 unspecified atom stereocenters. The van der Waals surface area contributed by atoms with Crippen molar-refractivity contribution in [1.29, 1.82) is 0 Å². The monoisotopic (exact) mass is 232 g/mol. The van der Waals surface area contributed by atoms with E-state index in [9.17, 15) is 4.39 Å². The Morgan fingerprint density at radius 3 is 2.53 bits per heavy atom. The van der Waals surface area contributed by atoms with Crippen LogP contribution in [-0.2, 0) is 6.54 Å². The lowest BCUT2D eigenvalue weighted by atomic mass is 10.2. The van der Waals surface area contributed by atoms with E-state index in [1.54, 1.807) is 6.07 Å². The van der Waals surface area contributed by atoms with Crippen LogP contribution < -0.4 is 16.2 Å². The number of nitrogens with two attached hydrogens (primary N) is 2. The van der Waals surface area contributed by atoms with Crippen LogP contribution >= 0.6 is 0 Å². The number of hydrogen-bond acceptors (Lipinski definition) is 3. The molecule has 0 amide bonds. The van der Waals surface area contributed by atoms with Crippen LogP contribution in [0.1, 0.15) is 5.56 Å². The molecular formula is C13H13FN2O. The molecule has 0 saturated carbocycles. The summed E-state index contributed by atoms with van der Waals surface area (Å²) in [5, 5.41) is 0. The Kier molecular flexibility index (Phi) is 3.25. The largest absolute Gasteiger partial charge is 0.457 e. The van der Waals surface area contributed by atoms with E-state index < -0.39 is 5.82 Å². The van der Waals surface area contributed by atoms with E-state index in [1.807, 2.05) is 18.2 Å². The zero-order chi connectivity index (χ0) is 12.3. The lowest BCUT2D eigenvalue weighted by Gasteiger charge is -2.07. The van der Waals surface area contributed by atoms with E-state index in [0.29, 0.717) is 18.0 Å². The Labute approximate surface area is 98.8 Å². The van der Waals surface area contributed by atoms with Crippen molar-refractivity contribution in [2.45, 2.75) is 6.54 Å². The Balaban J connectivity index is 2.22. The van der Waals surface area contributed by atoms with Crippen molar-refractivity contribution in [2.75, 3.05) is 5.73 Å². The average Bonchev–Trinajstić information content (AvgIpc) is 2.34. The van der Waals surface area contributed by atoms with E-state index in [4.69, 9.17) is 16.2 Å². The molecule has 0 spiro atoms. The van der Waals surface area contributed by atoms with Crippen molar-refractivity contribution < 1.29 is 9.13 Å². The van der Waals surface area contributed by atoms with Crippen molar-refractivity contribution >= 4 is 5.69 Å². The first-order valence-corrected chi connectivity index (χ1v) is 5.21. The highest BCUT2D eigenvalue weighted by Gasteiger charge is 2.02. The van der Waals surface area contributed by atoms with Gasteiger partial charge in [0.2, 0.25) is 0 Å². The van der Waals surface area contributed by atoms with Gasteiger partial charge in [0.1, 0.15) is 17.3 Å². The molecule has 0 aliphatic heterocycles. The minimum Gasteiger partial charge on any atom is -0.457 e. The van der Waals surface area contributed by atoms with Crippen LogP contribution in [0.4, 0.5) is 10.1 Å². The summed E-state index contributed by atoms with van der Waals surface area (Å²) >= 11 is 0. The molecule has 2 aromatic carbocycles. The zero-order valence-corrected chi connectivity index (χ0v) is 9.19. The van der Waals surface area contributed by atoms with Crippen molar-refractivity contribution in [3.05, 3.63) is 53.8 Å². The first kappa shape index (κ1) is 11.4. The number of nitrogen functional groups attached to an aromatic ring is 1. The van der Waals surface area contributed by atoms with Gasteiger partial charge in [-0.25, -0.2) is 4.39 Å². The molecular weight excluding hydrogens is 219 g/mol. The van der Waals surface area contributed by atoms with E-state index in [-0.39, 0.29) is 5.69 Å². The van der Waals surface area contributed by atoms with Gasteiger partial charge >= 0.3 is 0 Å². The van der Waals surface area contributed by atoms with Gasteiger partial charge < -0.3 is 16.2 Å². The van der Waals surface area contributed by atoms with E-state index >= 15 is 0 Å². The minimum absolute atomic E-state index is 0.0671. The summed E-state index contributed by atoms with van der Waals surface area (Å²) < 4.78 is 18.5. The third-order valence-electron chi connectivity index (χ3n) is 2.34. The molecule has 0 atom stereocenters. The molecule has 0 aliphatic rings. The standard InChI is InChI=1S/C13H13FN2O/c14-12-5-4-11(7-13(12)16)17-10-3-1-2-9(6-10)8-15/h1-7H,8,15-16H2. The molecule has 4 N–H and O–H groups in total. The number of anilines is 1. The molecule has 0 saturated heterocycles. The summed E-state index contributed by atoms with van der Waals surface area (Å²) in [6.07, 6.45) is 0. The number of rotatable bonds is 3. The molecule has 0 aromatic heterocycles. The van der Waals surface area contributed by atoms with Gasteiger partial charge in [0.05, 0.1) is 5.69 Å². The maximum absolute atomic E-state index is 13.0. The van der Waals surface area contributed by atoms with E-state index in [1.165, 1.54) is 18.2 Å². The highest BCUT2D eigenvalue weighted by molar-refractivity contribution is 5.46. The van der Waals surface area contributed by atoms with Gasteiger partial charge in [-0.2, -0.15) is 0 Å². The fraction of sp³-hybridized carbons (Fsp3) is 0.0769. The Hall–Kier alpha value is -2.07. The fourth-order valence-corrected chi connectivity index (χ4v) is 1.46. The normalized spacial score (nSPS) is 10.2. The maximum Gasteiger partial charge on any atom is 0.146 e. The van der Waals surface area contributed by atoms with Gasteiger partial charge in [-0.1, -0.05) is 12.1 Å². The lowest BCUT2D eigenvalue weighted by Crippen LogP contribution is -1.96. The Morgan fingerprint density at radius 1 is 1.06 bits per heavy atom. The maximum atomic E-state index is 13.0. The van der Waals surface area contributed by atoms with Gasteiger partial charge in [-0.05, 0) is 29.8 Å². The molecule has 0 heterocycles. The summed E-state index contributed by atoms with van der Waals surface area (Å²) in [7, 11) is 0. The predicted molar refractivity (Wildman–Crippen MR) is 65.2 cm³/mol. The minimum atomic E-state index is -0.451. The van der Waals surface area contributed by atoms with Crippen LogP contribution in [0.5, 0.6) is 11.5 Å². The number of ether oxygens (including phenoxy) is 1. The third kappa shape index (κ3) is 2.73.